The van der Waals surface area contributed by atoms with Crippen LogP contribution >= 0.6 is 0 Å². The number of methoxy groups -OCH3 is 1. The third-order valence-corrected chi connectivity index (χ3v) is 6.47. The van der Waals surface area contributed by atoms with Crippen LogP contribution in [0.25, 0.3) is 27.7 Å². The van der Waals surface area contributed by atoms with Crippen LogP contribution in [0.4, 0.5) is 4.39 Å². The van der Waals surface area contributed by atoms with Crippen LogP contribution in [-0.4, -0.2) is 21.4 Å². The van der Waals surface area contributed by atoms with E-state index in [9.17, 15) is 17.6 Å². The van der Waals surface area contributed by atoms with Crippen molar-refractivity contribution in [3.05, 3.63) is 89.9 Å². The van der Waals surface area contributed by atoms with E-state index in [1.54, 1.807) is 43.5 Å². The first-order valence-corrected chi connectivity index (χ1v) is 12.1. The number of hydrogen-bond acceptors (Lipinski definition) is 5. The van der Waals surface area contributed by atoms with Crippen molar-refractivity contribution in [2.75, 3.05) is 7.11 Å². The predicted octanol–water partition coefficient (Wildman–Crippen LogP) is 4.61. The van der Waals surface area contributed by atoms with E-state index in [0.29, 0.717) is 22.5 Å². The number of benzene rings is 3. The van der Waals surface area contributed by atoms with Gasteiger partial charge in [0.15, 0.2) is 0 Å². The number of nitrogens with two attached hydrogens (primary N) is 1. The van der Waals surface area contributed by atoms with E-state index < -0.39 is 10.0 Å². The number of hydrogen-bond donors (Lipinski definition) is 2. The van der Waals surface area contributed by atoms with Gasteiger partial charge in [-0.1, -0.05) is 24.3 Å². The summed E-state index contributed by atoms with van der Waals surface area (Å²) in [5.74, 6) is -0.113. The molecule has 0 saturated carbocycles. The Hall–Kier alpha value is -3.95. The first kappa shape index (κ1) is 24.2. The minimum Gasteiger partial charge on any atom is -0.496 e. The summed E-state index contributed by atoms with van der Waals surface area (Å²) in [6.45, 7) is 2.00. The number of halogens is 1. The van der Waals surface area contributed by atoms with E-state index in [0.717, 1.165) is 22.1 Å². The van der Waals surface area contributed by atoms with Crippen molar-refractivity contribution in [3.8, 4) is 16.9 Å². The molecule has 0 saturated heterocycles. The number of nitrogens with one attached hydrogen (secondary N) is 1. The van der Waals surface area contributed by atoms with Gasteiger partial charge < -0.3 is 14.5 Å². The number of rotatable bonds is 7. The number of carbonyl (C=O) groups excluding carboxylic acids is 1. The van der Waals surface area contributed by atoms with E-state index >= 15 is 0 Å². The number of ether oxygens (including phenoxy) is 1. The predicted molar refractivity (Wildman–Crippen MR) is 131 cm³/mol. The Balaban J connectivity index is 1.57. The lowest BCUT2D eigenvalue weighted by atomic mass is 9.99. The molecule has 0 unspecified atom stereocenters. The summed E-state index contributed by atoms with van der Waals surface area (Å²) in [6, 6.07) is 15.7. The third kappa shape index (κ3) is 5.42. The standard InChI is InChI=1S/C26H23FN2O5S/c1-16(11-26(30)29-14-17-3-9-20(10-4-17)35(28,31)32)21-12-22-23(18-5-7-19(27)8-6-18)15-34-25(22)13-24(21)33-2/h3-13,15H,14H2,1-2H3,(H,29,30)(H2,28,31,32)/b16-11+. The van der Waals surface area contributed by atoms with E-state index in [2.05, 4.69) is 5.32 Å². The van der Waals surface area contributed by atoms with E-state index in [1.165, 1.54) is 37.5 Å². The highest BCUT2D eigenvalue weighted by Gasteiger charge is 2.15. The van der Waals surface area contributed by atoms with Crippen LogP contribution in [0.5, 0.6) is 5.75 Å². The number of carbonyl (C=O) groups is 1. The largest absolute Gasteiger partial charge is 0.496 e. The normalized spacial score (nSPS) is 12.1. The SMILES string of the molecule is COc1cc2occ(-c3ccc(F)cc3)c2cc1/C(C)=C/C(=O)NCc1ccc(S(N)(=O)=O)cc1. The average molecular weight is 495 g/mol. The molecule has 4 aromatic rings. The molecule has 3 N–H and O–H groups in total. The van der Waals surface area contributed by atoms with Gasteiger partial charge in [-0.2, -0.15) is 0 Å². The van der Waals surface area contributed by atoms with E-state index in [-0.39, 0.29) is 23.2 Å². The van der Waals surface area contributed by atoms with Crippen LogP contribution in [0.1, 0.15) is 18.1 Å². The third-order valence-electron chi connectivity index (χ3n) is 5.54. The van der Waals surface area contributed by atoms with Gasteiger partial charge in [0.05, 0.1) is 18.3 Å². The molecular weight excluding hydrogens is 471 g/mol. The van der Waals surface area contributed by atoms with Crippen LogP contribution in [0.15, 0.2) is 82.3 Å². The average Bonchev–Trinajstić information content (AvgIpc) is 3.25. The molecule has 0 aliphatic carbocycles. The number of allylic oxidation sites excluding steroid dienone is 1. The molecule has 0 aliphatic heterocycles. The molecule has 0 spiro atoms. The lowest BCUT2D eigenvalue weighted by Crippen LogP contribution is -2.20. The van der Waals surface area contributed by atoms with Crippen LogP contribution < -0.4 is 15.2 Å². The number of furan rings is 1. The molecule has 1 heterocycles. The van der Waals surface area contributed by atoms with Crippen molar-refractivity contribution in [1.82, 2.24) is 5.32 Å². The second-order valence-electron chi connectivity index (χ2n) is 7.94. The molecule has 0 atom stereocenters. The second-order valence-corrected chi connectivity index (χ2v) is 9.50. The minimum absolute atomic E-state index is 0.00468. The zero-order valence-corrected chi connectivity index (χ0v) is 19.9. The first-order valence-electron chi connectivity index (χ1n) is 10.6. The highest BCUT2D eigenvalue weighted by Crippen LogP contribution is 2.37. The van der Waals surface area contributed by atoms with Crippen LogP contribution in [0.2, 0.25) is 0 Å². The maximum Gasteiger partial charge on any atom is 0.244 e. The van der Waals surface area contributed by atoms with Crippen LogP contribution in [0.3, 0.4) is 0 Å². The molecule has 1 aromatic heterocycles. The first-order chi connectivity index (χ1) is 16.7. The summed E-state index contributed by atoms with van der Waals surface area (Å²) in [4.78, 5) is 12.6. The van der Waals surface area contributed by atoms with Gasteiger partial charge in [-0.25, -0.2) is 17.9 Å². The summed E-state index contributed by atoms with van der Waals surface area (Å²) in [6.07, 6.45) is 3.06. The molecule has 0 aliphatic rings. The number of amides is 1. The maximum absolute atomic E-state index is 13.4. The van der Waals surface area contributed by atoms with Crippen molar-refractivity contribution < 1.29 is 26.8 Å². The maximum atomic E-state index is 13.4. The van der Waals surface area contributed by atoms with Gasteiger partial charge in [-0.15, -0.1) is 0 Å². The fourth-order valence-corrected chi connectivity index (χ4v) is 4.21. The van der Waals surface area contributed by atoms with E-state index in [4.69, 9.17) is 14.3 Å². The summed E-state index contributed by atoms with van der Waals surface area (Å²) in [5, 5.41) is 8.68. The molecular formula is C26H23FN2O5S. The van der Waals surface area contributed by atoms with Gasteiger partial charge in [0.1, 0.15) is 17.1 Å². The van der Waals surface area contributed by atoms with Gasteiger partial charge >= 0.3 is 0 Å². The molecule has 35 heavy (non-hydrogen) atoms. The second kappa shape index (κ2) is 9.73. The Morgan fingerprint density at radius 1 is 1.11 bits per heavy atom. The Labute approximate surface area is 202 Å². The summed E-state index contributed by atoms with van der Waals surface area (Å²) in [7, 11) is -2.24. The Morgan fingerprint density at radius 2 is 1.80 bits per heavy atom. The summed E-state index contributed by atoms with van der Waals surface area (Å²) >= 11 is 0. The Morgan fingerprint density at radius 3 is 2.43 bits per heavy atom. The summed E-state index contributed by atoms with van der Waals surface area (Å²) < 4.78 is 47.3. The van der Waals surface area contributed by atoms with Crippen LogP contribution in [0, 0.1) is 5.82 Å². The minimum atomic E-state index is -3.77. The zero-order chi connectivity index (χ0) is 25.2. The van der Waals surface area contributed by atoms with Gasteiger partial charge in [-0.05, 0) is 54.0 Å². The molecule has 0 radical (unpaired) electrons. The monoisotopic (exact) mass is 494 g/mol. The number of fused-ring (bicyclic) bond motifs is 1. The molecule has 1 amide bonds. The molecule has 180 valence electrons. The molecule has 9 heteroatoms. The van der Waals surface area contributed by atoms with E-state index in [1.807, 2.05) is 6.07 Å². The quantitative estimate of drug-likeness (QED) is 0.364. The fraction of sp³-hybridized carbons (Fsp3) is 0.115. The highest BCUT2D eigenvalue weighted by molar-refractivity contribution is 7.89. The van der Waals surface area contributed by atoms with Crippen molar-refractivity contribution in [1.29, 1.82) is 0 Å². The number of sulfonamides is 1. The zero-order valence-electron chi connectivity index (χ0n) is 19.0. The van der Waals surface area contributed by atoms with Crippen LogP contribution in [-0.2, 0) is 21.4 Å². The van der Waals surface area contributed by atoms with Gasteiger partial charge in [-0.3, -0.25) is 4.79 Å². The van der Waals surface area contributed by atoms with Gasteiger partial charge in [0, 0.05) is 35.2 Å². The smallest absolute Gasteiger partial charge is 0.244 e. The number of primary sulfonamides is 1. The van der Waals surface area contributed by atoms with Crippen molar-refractivity contribution in [2.24, 2.45) is 5.14 Å². The van der Waals surface area contributed by atoms with Crippen molar-refractivity contribution >= 4 is 32.5 Å². The molecule has 3 aromatic carbocycles. The lowest BCUT2D eigenvalue weighted by Gasteiger charge is -2.10. The molecule has 0 bridgehead atoms. The van der Waals surface area contributed by atoms with Crippen molar-refractivity contribution in [3.63, 3.8) is 0 Å². The fourth-order valence-electron chi connectivity index (χ4n) is 3.70. The Kier molecular flexibility index (Phi) is 6.72. The topological polar surface area (TPSA) is 112 Å². The Bertz CT molecular complexity index is 1520. The molecule has 4 rings (SSSR count). The molecule has 7 nitrogen and oxygen atoms in total. The van der Waals surface area contributed by atoms with Crippen molar-refractivity contribution in [2.45, 2.75) is 18.4 Å². The molecule has 0 fully saturated rings. The highest BCUT2D eigenvalue weighted by atomic mass is 32.2. The lowest BCUT2D eigenvalue weighted by molar-refractivity contribution is -0.116. The summed E-state index contributed by atoms with van der Waals surface area (Å²) in [5.41, 5.74) is 4.29. The van der Waals surface area contributed by atoms with Gasteiger partial charge in [0.25, 0.3) is 0 Å². The van der Waals surface area contributed by atoms with Gasteiger partial charge in [0.2, 0.25) is 15.9 Å².